The predicted molar refractivity (Wildman–Crippen MR) is 87.1 cm³/mol. The Kier molecular flexibility index (Phi) is 4.34. The summed E-state index contributed by atoms with van der Waals surface area (Å²) in [4.78, 5) is 24.5. The zero-order valence-electron chi connectivity index (χ0n) is 12.6. The van der Waals surface area contributed by atoms with Gasteiger partial charge < -0.3 is 5.32 Å². The number of non-ortho nitro benzene ring substituents is 1. The number of nitrogens with zero attached hydrogens (tertiary/aromatic N) is 2. The second kappa shape index (κ2) is 6.58. The first-order chi connectivity index (χ1) is 11.1. The van der Waals surface area contributed by atoms with Crippen molar-refractivity contribution in [1.29, 1.82) is 0 Å². The molecule has 2 aromatic rings. The maximum Gasteiger partial charge on any atom is 0.271 e. The van der Waals surface area contributed by atoms with E-state index in [2.05, 4.69) is 22.3 Å². The standard InChI is InChI=1S/C17H17N3O3/c21-17(18-15-6-3-7-16(10-15)20(22)23)12-19-9-8-13-4-1-2-5-14(13)11-19/h1-7,10H,8-9,11-12H2,(H,18,21). The number of rotatable bonds is 4. The second-order valence-electron chi connectivity index (χ2n) is 5.58. The number of nitrogens with one attached hydrogen (secondary N) is 1. The molecule has 0 aromatic heterocycles. The number of benzene rings is 2. The van der Waals surface area contributed by atoms with E-state index in [9.17, 15) is 14.9 Å². The lowest BCUT2D eigenvalue weighted by Crippen LogP contribution is -2.37. The van der Waals surface area contributed by atoms with Crippen molar-refractivity contribution in [2.45, 2.75) is 13.0 Å². The van der Waals surface area contributed by atoms with E-state index in [1.54, 1.807) is 12.1 Å². The van der Waals surface area contributed by atoms with E-state index in [0.717, 1.165) is 19.5 Å². The summed E-state index contributed by atoms with van der Waals surface area (Å²) in [6, 6.07) is 14.2. The third-order valence-electron chi connectivity index (χ3n) is 3.92. The average molecular weight is 311 g/mol. The first-order valence-electron chi connectivity index (χ1n) is 7.45. The molecule has 2 aromatic carbocycles. The van der Waals surface area contributed by atoms with Crippen molar-refractivity contribution in [3.8, 4) is 0 Å². The van der Waals surface area contributed by atoms with Gasteiger partial charge >= 0.3 is 0 Å². The molecule has 0 saturated carbocycles. The third kappa shape index (κ3) is 3.73. The number of anilines is 1. The number of fused-ring (bicyclic) bond motifs is 1. The minimum atomic E-state index is -0.475. The monoisotopic (exact) mass is 311 g/mol. The Labute approximate surface area is 133 Å². The van der Waals surface area contributed by atoms with Gasteiger partial charge in [-0.15, -0.1) is 0 Å². The molecule has 0 bridgehead atoms. The molecule has 0 radical (unpaired) electrons. The van der Waals surface area contributed by atoms with Crippen LogP contribution in [-0.2, 0) is 17.8 Å². The molecule has 1 N–H and O–H groups in total. The fourth-order valence-electron chi connectivity index (χ4n) is 2.79. The maximum absolute atomic E-state index is 12.2. The molecule has 3 rings (SSSR count). The fourth-order valence-corrected chi connectivity index (χ4v) is 2.79. The molecule has 6 heteroatoms. The van der Waals surface area contributed by atoms with E-state index in [4.69, 9.17) is 0 Å². The highest BCUT2D eigenvalue weighted by Gasteiger charge is 2.18. The average Bonchev–Trinajstić information content (AvgIpc) is 2.55. The van der Waals surface area contributed by atoms with Crippen molar-refractivity contribution in [3.63, 3.8) is 0 Å². The van der Waals surface area contributed by atoms with Crippen LogP contribution in [0.1, 0.15) is 11.1 Å². The fraction of sp³-hybridized carbons (Fsp3) is 0.235. The highest BCUT2D eigenvalue weighted by atomic mass is 16.6. The molecular weight excluding hydrogens is 294 g/mol. The summed E-state index contributed by atoms with van der Waals surface area (Å²) in [5, 5.41) is 13.5. The molecule has 1 aliphatic rings. The molecule has 118 valence electrons. The lowest BCUT2D eigenvalue weighted by Gasteiger charge is -2.28. The van der Waals surface area contributed by atoms with Gasteiger partial charge in [-0.2, -0.15) is 0 Å². The minimum Gasteiger partial charge on any atom is -0.325 e. The van der Waals surface area contributed by atoms with Crippen LogP contribution in [0.4, 0.5) is 11.4 Å². The second-order valence-corrected chi connectivity index (χ2v) is 5.58. The van der Waals surface area contributed by atoms with Crippen molar-refractivity contribution < 1.29 is 9.72 Å². The van der Waals surface area contributed by atoms with E-state index in [1.807, 2.05) is 12.1 Å². The molecule has 6 nitrogen and oxygen atoms in total. The number of hydrogen-bond acceptors (Lipinski definition) is 4. The highest BCUT2D eigenvalue weighted by molar-refractivity contribution is 5.92. The van der Waals surface area contributed by atoms with E-state index >= 15 is 0 Å². The predicted octanol–water partition coefficient (Wildman–Crippen LogP) is 2.59. The van der Waals surface area contributed by atoms with Gasteiger partial charge in [-0.3, -0.25) is 19.8 Å². The SMILES string of the molecule is O=C(CN1CCc2ccccc2C1)Nc1cccc([N+](=O)[O-])c1. The number of nitro benzene ring substituents is 1. The van der Waals surface area contributed by atoms with Crippen LogP contribution in [0.25, 0.3) is 0 Å². The molecule has 1 amide bonds. The molecule has 0 saturated heterocycles. The highest BCUT2D eigenvalue weighted by Crippen LogP contribution is 2.19. The largest absolute Gasteiger partial charge is 0.325 e. The summed E-state index contributed by atoms with van der Waals surface area (Å²) >= 11 is 0. The number of nitro groups is 1. The summed E-state index contributed by atoms with van der Waals surface area (Å²) in [7, 11) is 0. The van der Waals surface area contributed by atoms with Gasteiger partial charge in [0, 0.05) is 30.9 Å². The summed E-state index contributed by atoms with van der Waals surface area (Å²) in [6.45, 7) is 1.86. The lowest BCUT2D eigenvalue weighted by molar-refractivity contribution is -0.384. The van der Waals surface area contributed by atoms with Gasteiger partial charge in [0.1, 0.15) is 0 Å². The maximum atomic E-state index is 12.2. The van der Waals surface area contributed by atoms with Crippen LogP contribution in [0, 0.1) is 10.1 Å². The molecule has 0 aliphatic carbocycles. The van der Waals surface area contributed by atoms with Crippen LogP contribution < -0.4 is 5.32 Å². The van der Waals surface area contributed by atoms with Crippen molar-refractivity contribution in [2.24, 2.45) is 0 Å². The van der Waals surface area contributed by atoms with Gasteiger partial charge in [-0.1, -0.05) is 30.3 Å². The van der Waals surface area contributed by atoms with Gasteiger partial charge in [0.15, 0.2) is 0 Å². The van der Waals surface area contributed by atoms with Crippen LogP contribution in [-0.4, -0.2) is 28.8 Å². The van der Waals surface area contributed by atoms with E-state index < -0.39 is 4.92 Å². The quantitative estimate of drug-likeness (QED) is 0.695. The topological polar surface area (TPSA) is 75.5 Å². The molecule has 0 unspecified atom stereocenters. The molecule has 23 heavy (non-hydrogen) atoms. The Balaban J connectivity index is 1.60. The first kappa shape index (κ1) is 15.2. The molecular formula is C17H17N3O3. The molecule has 0 spiro atoms. The smallest absolute Gasteiger partial charge is 0.271 e. The van der Waals surface area contributed by atoms with Gasteiger partial charge in [-0.25, -0.2) is 0 Å². The molecule has 0 atom stereocenters. The summed E-state index contributed by atoms with van der Waals surface area (Å²) < 4.78 is 0. The molecule has 0 fully saturated rings. The third-order valence-corrected chi connectivity index (χ3v) is 3.92. The zero-order chi connectivity index (χ0) is 16.2. The van der Waals surface area contributed by atoms with Gasteiger partial charge in [0.25, 0.3) is 5.69 Å². The number of carbonyl (C=O) groups excluding carboxylic acids is 1. The Morgan fingerprint density at radius 3 is 2.74 bits per heavy atom. The van der Waals surface area contributed by atoms with Crippen LogP contribution in [0.15, 0.2) is 48.5 Å². The number of hydrogen-bond donors (Lipinski definition) is 1. The van der Waals surface area contributed by atoms with Crippen molar-refractivity contribution in [1.82, 2.24) is 4.90 Å². The Bertz CT molecular complexity index is 745. The van der Waals surface area contributed by atoms with Gasteiger partial charge in [0.05, 0.1) is 11.5 Å². The van der Waals surface area contributed by atoms with E-state index in [1.165, 1.54) is 23.3 Å². The van der Waals surface area contributed by atoms with Gasteiger partial charge in [-0.05, 0) is 23.6 Å². The Hall–Kier alpha value is -2.73. The first-order valence-corrected chi connectivity index (χ1v) is 7.45. The van der Waals surface area contributed by atoms with E-state index in [0.29, 0.717) is 5.69 Å². The lowest BCUT2D eigenvalue weighted by atomic mass is 10.00. The van der Waals surface area contributed by atoms with Gasteiger partial charge in [0.2, 0.25) is 5.91 Å². The van der Waals surface area contributed by atoms with Crippen molar-refractivity contribution >= 4 is 17.3 Å². The minimum absolute atomic E-state index is 0.0327. The van der Waals surface area contributed by atoms with Crippen molar-refractivity contribution in [2.75, 3.05) is 18.4 Å². The molecule has 1 heterocycles. The van der Waals surface area contributed by atoms with Crippen LogP contribution in [0.3, 0.4) is 0 Å². The number of carbonyl (C=O) groups is 1. The summed E-state index contributed by atoms with van der Waals surface area (Å²) in [5.41, 5.74) is 3.00. The van der Waals surface area contributed by atoms with Crippen LogP contribution in [0.5, 0.6) is 0 Å². The van der Waals surface area contributed by atoms with Crippen LogP contribution >= 0.6 is 0 Å². The van der Waals surface area contributed by atoms with Crippen LogP contribution in [0.2, 0.25) is 0 Å². The molecule has 1 aliphatic heterocycles. The number of amides is 1. The normalized spacial score (nSPS) is 14.1. The van der Waals surface area contributed by atoms with E-state index in [-0.39, 0.29) is 18.1 Å². The summed E-state index contributed by atoms with van der Waals surface area (Å²) in [5.74, 6) is -0.162. The van der Waals surface area contributed by atoms with Crippen molar-refractivity contribution in [3.05, 3.63) is 69.8 Å². The Morgan fingerprint density at radius 2 is 1.96 bits per heavy atom. The summed E-state index contributed by atoms with van der Waals surface area (Å²) in [6.07, 6.45) is 0.931. The Morgan fingerprint density at radius 1 is 1.17 bits per heavy atom. The zero-order valence-corrected chi connectivity index (χ0v) is 12.6.